The van der Waals surface area contributed by atoms with Gasteiger partial charge in [-0.15, -0.1) is 12.4 Å². The fourth-order valence-electron chi connectivity index (χ4n) is 6.46. The van der Waals surface area contributed by atoms with E-state index >= 15 is 0 Å². The molecule has 7 nitrogen and oxygen atoms in total. The Kier molecular flexibility index (Phi) is 14.8. The molecule has 0 N–H and O–H groups in total. The van der Waals surface area contributed by atoms with Gasteiger partial charge in [-0.2, -0.15) is 0 Å². The molecule has 5 aromatic rings. The lowest BCUT2D eigenvalue weighted by Gasteiger charge is -2.34. The van der Waals surface area contributed by atoms with Gasteiger partial charge in [0.05, 0.1) is 11.2 Å². The zero-order valence-corrected chi connectivity index (χ0v) is 34.1. The van der Waals surface area contributed by atoms with E-state index in [0.717, 1.165) is 49.3 Å². The number of benzene rings is 4. The molecule has 0 aliphatic carbocycles. The van der Waals surface area contributed by atoms with Gasteiger partial charge in [-0.3, -0.25) is 9.69 Å². The number of aryl methyl sites for hydroxylation is 2. The maximum atomic E-state index is 13.1. The van der Waals surface area contributed by atoms with E-state index < -0.39 is 0 Å². The highest BCUT2D eigenvalue weighted by molar-refractivity contribution is 6.32. The zero-order chi connectivity index (χ0) is 38.0. The van der Waals surface area contributed by atoms with Gasteiger partial charge in [0.2, 0.25) is 11.8 Å². The number of aromatic nitrogens is 1. The second kappa shape index (κ2) is 19.7. The van der Waals surface area contributed by atoms with Crippen molar-refractivity contribution >= 4 is 41.7 Å². The van der Waals surface area contributed by atoms with Crippen LogP contribution >= 0.6 is 24.0 Å². The minimum Gasteiger partial charge on any atom is -0.487 e. The molecule has 0 spiro atoms. The van der Waals surface area contributed by atoms with Crippen molar-refractivity contribution in [2.24, 2.45) is 0 Å². The van der Waals surface area contributed by atoms with Gasteiger partial charge in [-0.1, -0.05) is 91.7 Å². The molecule has 55 heavy (non-hydrogen) atoms. The van der Waals surface area contributed by atoms with Crippen LogP contribution < -0.4 is 14.4 Å². The highest BCUT2D eigenvalue weighted by Gasteiger charge is 2.20. The maximum Gasteiger partial charge on any atom is 0.246 e. The molecule has 1 aromatic heterocycles. The van der Waals surface area contributed by atoms with Gasteiger partial charge in [-0.05, 0) is 96.0 Å². The molecule has 1 aliphatic rings. The Bertz CT molecular complexity index is 1980. The number of carbonyl (C=O) groups is 1. The van der Waals surface area contributed by atoms with E-state index in [0.29, 0.717) is 48.0 Å². The van der Waals surface area contributed by atoms with Crippen LogP contribution in [0.1, 0.15) is 58.7 Å². The molecule has 6 rings (SSSR count). The lowest BCUT2D eigenvalue weighted by molar-refractivity contribution is -0.127. The standard InChI is InChI=1S/C46H51ClN4O3.ClH/c1-33(2)40-15-17-41(18-16-40)49(5)23-22-36-10-12-37(13-11-36)31-50-24-26-51(27-25-50)45(52)21-14-39-28-35(4)46(43(47)29-39)54-44-20-19-42(30-48-44)53-32-38-8-6-34(3)7-9-38;/h6-21,28-30,33H,22-27,31-32H2,1-5H3;1H. The molecule has 0 bridgehead atoms. The van der Waals surface area contributed by atoms with Crippen LogP contribution in [0.3, 0.4) is 0 Å². The van der Waals surface area contributed by atoms with Gasteiger partial charge in [0.1, 0.15) is 12.4 Å². The van der Waals surface area contributed by atoms with Gasteiger partial charge in [0.25, 0.3) is 0 Å². The number of pyridine rings is 1. The molecule has 4 aromatic carbocycles. The molecule has 0 unspecified atom stereocenters. The molecule has 1 saturated heterocycles. The molecule has 0 saturated carbocycles. The van der Waals surface area contributed by atoms with Crippen LogP contribution in [0.15, 0.2) is 109 Å². The van der Waals surface area contributed by atoms with Crippen molar-refractivity contribution in [2.45, 2.75) is 53.2 Å². The van der Waals surface area contributed by atoms with Crippen molar-refractivity contribution in [1.82, 2.24) is 14.8 Å². The number of hydrogen-bond acceptors (Lipinski definition) is 6. The van der Waals surface area contributed by atoms with Gasteiger partial charge in [0, 0.05) is 64.1 Å². The first kappa shape index (κ1) is 41.3. The summed E-state index contributed by atoms with van der Waals surface area (Å²) in [6, 6.07) is 33.5. The molecular weight excluding hydrogens is 727 g/mol. The first-order valence-corrected chi connectivity index (χ1v) is 19.2. The second-order valence-electron chi connectivity index (χ2n) is 14.5. The van der Waals surface area contributed by atoms with E-state index in [9.17, 15) is 4.79 Å². The van der Waals surface area contributed by atoms with Crippen LogP contribution in [0.5, 0.6) is 17.4 Å². The summed E-state index contributed by atoms with van der Waals surface area (Å²) >= 11 is 6.65. The van der Waals surface area contributed by atoms with Gasteiger partial charge < -0.3 is 19.3 Å². The maximum absolute atomic E-state index is 13.1. The van der Waals surface area contributed by atoms with Gasteiger partial charge in [-0.25, -0.2) is 4.98 Å². The monoisotopic (exact) mass is 778 g/mol. The Morgan fingerprint density at radius 3 is 2.18 bits per heavy atom. The van der Waals surface area contributed by atoms with Crippen molar-refractivity contribution in [3.05, 3.63) is 153 Å². The summed E-state index contributed by atoms with van der Waals surface area (Å²) in [7, 11) is 2.16. The predicted octanol–water partition coefficient (Wildman–Crippen LogP) is 10.3. The summed E-state index contributed by atoms with van der Waals surface area (Å²) in [5, 5.41) is 0.449. The Hall–Kier alpha value is -4.82. The molecular formula is C46H52Cl2N4O3. The topological polar surface area (TPSA) is 58.1 Å². The largest absolute Gasteiger partial charge is 0.487 e. The van der Waals surface area contributed by atoms with Crippen LogP contribution in [0.4, 0.5) is 5.69 Å². The van der Waals surface area contributed by atoms with Crippen LogP contribution in [0, 0.1) is 13.8 Å². The van der Waals surface area contributed by atoms with Crippen LogP contribution in [-0.4, -0.2) is 60.5 Å². The van der Waals surface area contributed by atoms with Crippen LogP contribution in [0.2, 0.25) is 5.02 Å². The Balaban J connectivity index is 0.00000580. The second-order valence-corrected chi connectivity index (χ2v) is 14.9. The third-order valence-electron chi connectivity index (χ3n) is 9.96. The number of ether oxygens (including phenoxy) is 2. The van der Waals surface area contributed by atoms with Crippen LogP contribution in [-0.2, 0) is 24.4 Å². The number of likely N-dealkylation sites (N-methyl/N-ethyl adjacent to an activating group) is 1. The molecule has 1 amide bonds. The number of piperazine rings is 1. The number of rotatable bonds is 14. The smallest absolute Gasteiger partial charge is 0.246 e. The Morgan fingerprint density at radius 1 is 0.873 bits per heavy atom. The van der Waals surface area contributed by atoms with E-state index in [1.807, 2.05) is 30.0 Å². The first-order valence-electron chi connectivity index (χ1n) is 18.8. The summed E-state index contributed by atoms with van der Waals surface area (Å²) in [4.78, 5) is 24.1. The molecule has 1 fully saturated rings. The summed E-state index contributed by atoms with van der Waals surface area (Å²) in [6.45, 7) is 13.8. The zero-order valence-electron chi connectivity index (χ0n) is 32.5. The highest BCUT2D eigenvalue weighted by atomic mass is 35.5. The SMILES string of the molecule is Cc1ccc(COc2ccc(Oc3c(C)cc(C=CC(=O)N4CCN(Cc5ccc(CCN(C)c6ccc(C(C)C)cc6)cc5)CC4)cc3Cl)nc2)cc1.Cl. The van der Waals surface area contributed by atoms with E-state index in [1.54, 1.807) is 24.4 Å². The summed E-state index contributed by atoms with van der Waals surface area (Å²) in [5.41, 5.74) is 9.24. The quantitative estimate of drug-likeness (QED) is 0.105. The molecule has 0 atom stereocenters. The summed E-state index contributed by atoms with van der Waals surface area (Å²) in [6.07, 6.45) is 6.09. The molecule has 288 valence electrons. The number of anilines is 1. The number of hydrogen-bond donors (Lipinski definition) is 0. The van der Waals surface area contributed by atoms with Gasteiger partial charge >= 0.3 is 0 Å². The van der Waals surface area contributed by atoms with Gasteiger partial charge in [0.15, 0.2) is 5.75 Å². The van der Waals surface area contributed by atoms with E-state index in [4.69, 9.17) is 21.1 Å². The highest BCUT2D eigenvalue weighted by Crippen LogP contribution is 2.34. The van der Waals surface area contributed by atoms with E-state index in [-0.39, 0.29) is 18.3 Å². The third kappa shape index (κ3) is 11.8. The van der Waals surface area contributed by atoms with E-state index in [1.165, 1.54) is 27.9 Å². The molecule has 9 heteroatoms. The predicted molar refractivity (Wildman–Crippen MR) is 228 cm³/mol. The van der Waals surface area contributed by atoms with Crippen molar-refractivity contribution < 1.29 is 14.3 Å². The van der Waals surface area contributed by atoms with Crippen molar-refractivity contribution in [2.75, 3.05) is 44.7 Å². The first-order chi connectivity index (χ1) is 26.1. The third-order valence-corrected chi connectivity index (χ3v) is 10.2. The molecule has 1 aliphatic heterocycles. The Labute approximate surface area is 338 Å². The lowest BCUT2D eigenvalue weighted by Crippen LogP contribution is -2.47. The minimum atomic E-state index is 0. The van der Waals surface area contributed by atoms with Crippen molar-refractivity contribution in [3.63, 3.8) is 0 Å². The number of carbonyl (C=O) groups excluding carboxylic acids is 1. The molecule has 0 radical (unpaired) electrons. The number of halogens is 2. The molecule has 2 heterocycles. The fourth-order valence-corrected chi connectivity index (χ4v) is 6.77. The Morgan fingerprint density at radius 2 is 1.55 bits per heavy atom. The average Bonchev–Trinajstić information content (AvgIpc) is 3.18. The summed E-state index contributed by atoms with van der Waals surface area (Å²) in [5.74, 6) is 2.15. The summed E-state index contributed by atoms with van der Waals surface area (Å²) < 4.78 is 11.9. The fraction of sp³-hybridized carbons (Fsp3) is 0.304. The lowest BCUT2D eigenvalue weighted by atomic mass is 10.0. The number of nitrogens with zero attached hydrogens (tertiary/aromatic N) is 4. The number of amides is 1. The normalized spacial score (nSPS) is 13.2. The van der Waals surface area contributed by atoms with Crippen molar-refractivity contribution in [1.29, 1.82) is 0 Å². The minimum absolute atomic E-state index is 0. The van der Waals surface area contributed by atoms with Crippen molar-refractivity contribution in [3.8, 4) is 17.4 Å². The van der Waals surface area contributed by atoms with Crippen LogP contribution in [0.25, 0.3) is 6.08 Å². The van der Waals surface area contributed by atoms with E-state index in [2.05, 4.69) is 115 Å². The average molecular weight is 780 g/mol.